The highest BCUT2D eigenvalue weighted by molar-refractivity contribution is 7.16. The molecule has 0 saturated carbocycles. The molecule has 0 amide bonds. The summed E-state index contributed by atoms with van der Waals surface area (Å²) in [6.07, 6.45) is 3.01. The van der Waals surface area contributed by atoms with E-state index in [4.69, 9.17) is 0 Å². The first kappa shape index (κ1) is 12.1. The van der Waals surface area contributed by atoms with Crippen LogP contribution >= 0.6 is 11.3 Å². The minimum absolute atomic E-state index is 0.407. The Morgan fingerprint density at radius 3 is 3.30 bits per heavy atom. The number of aromatic nitrogens is 3. The molecule has 2 aromatic heterocycles. The molecule has 0 aliphatic carbocycles. The van der Waals surface area contributed by atoms with Crippen molar-refractivity contribution in [3.05, 3.63) is 46.7 Å². The van der Waals surface area contributed by atoms with Crippen LogP contribution in [0.2, 0.25) is 0 Å². The maximum Gasteiger partial charge on any atom is 0.0815 e. The Hall–Kier alpha value is -1.72. The second-order valence-corrected chi connectivity index (χ2v) is 6.24. The zero-order valence-electron chi connectivity index (χ0n) is 11.3. The molecule has 102 valence electrons. The number of fused-ring (bicyclic) bond motifs is 2. The zero-order valence-corrected chi connectivity index (χ0v) is 12.2. The first-order valence-corrected chi connectivity index (χ1v) is 7.77. The lowest BCUT2D eigenvalue weighted by molar-refractivity contribution is 0.191. The van der Waals surface area contributed by atoms with Crippen molar-refractivity contribution in [2.75, 3.05) is 6.54 Å². The van der Waals surface area contributed by atoms with Gasteiger partial charge in [0.1, 0.15) is 0 Å². The lowest BCUT2D eigenvalue weighted by Crippen LogP contribution is -2.32. The summed E-state index contributed by atoms with van der Waals surface area (Å²) < 4.78 is 1.26. The van der Waals surface area contributed by atoms with Gasteiger partial charge in [0, 0.05) is 36.8 Å². The predicted octanol–water partition coefficient (Wildman–Crippen LogP) is 3.14. The van der Waals surface area contributed by atoms with E-state index in [1.807, 2.05) is 11.7 Å². The first-order chi connectivity index (χ1) is 9.81. The minimum atomic E-state index is 0.407. The Morgan fingerprint density at radius 2 is 2.35 bits per heavy atom. The van der Waals surface area contributed by atoms with Crippen molar-refractivity contribution in [1.82, 2.24) is 20.1 Å². The number of hydrogen-bond donors (Lipinski definition) is 1. The van der Waals surface area contributed by atoms with Crippen molar-refractivity contribution in [1.29, 1.82) is 0 Å². The Morgan fingerprint density at radius 1 is 1.40 bits per heavy atom. The maximum atomic E-state index is 4.42. The van der Waals surface area contributed by atoms with Crippen LogP contribution in [0.1, 0.15) is 29.8 Å². The summed E-state index contributed by atoms with van der Waals surface area (Å²) in [5, 5.41) is 7.24. The van der Waals surface area contributed by atoms with Crippen LogP contribution in [-0.4, -0.2) is 26.6 Å². The molecule has 0 bridgehead atoms. The molecule has 3 aromatic rings. The normalized spacial score (nSPS) is 17.2. The van der Waals surface area contributed by atoms with E-state index in [2.05, 4.69) is 45.2 Å². The van der Waals surface area contributed by atoms with Gasteiger partial charge in [-0.05, 0) is 24.6 Å². The van der Waals surface area contributed by atoms with Gasteiger partial charge in [-0.15, -0.1) is 11.3 Å². The number of aromatic amines is 1. The van der Waals surface area contributed by atoms with Gasteiger partial charge in [-0.3, -0.25) is 10.00 Å². The highest BCUT2D eigenvalue weighted by atomic mass is 32.1. The molecular weight excluding hydrogens is 268 g/mol. The second-order valence-electron chi connectivity index (χ2n) is 5.35. The molecule has 20 heavy (non-hydrogen) atoms. The molecule has 0 spiro atoms. The Kier molecular flexibility index (Phi) is 2.82. The van der Waals surface area contributed by atoms with Crippen LogP contribution in [0.3, 0.4) is 0 Å². The van der Waals surface area contributed by atoms with Crippen molar-refractivity contribution in [3.8, 4) is 0 Å². The molecule has 1 aliphatic heterocycles. The van der Waals surface area contributed by atoms with E-state index in [1.165, 1.54) is 21.5 Å². The number of hydrogen-bond acceptors (Lipinski definition) is 4. The molecule has 3 heterocycles. The lowest BCUT2D eigenvalue weighted by atomic mass is 10.0. The van der Waals surface area contributed by atoms with Crippen molar-refractivity contribution >= 4 is 21.6 Å². The summed E-state index contributed by atoms with van der Waals surface area (Å²) in [5.74, 6) is 0. The van der Waals surface area contributed by atoms with E-state index in [1.54, 1.807) is 11.3 Å². The average Bonchev–Trinajstić information content (AvgIpc) is 3.13. The van der Waals surface area contributed by atoms with Crippen molar-refractivity contribution in [2.45, 2.75) is 25.9 Å². The third-order valence-electron chi connectivity index (χ3n) is 4.21. The SMILES string of the molecule is CC(c1ccc2scnc2c1)N1CCc2[nH]ncc2C1. The third kappa shape index (κ3) is 1.94. The van der Waals surface area contributed by atoms with Crippen LogP contribution in [0, 0.1) is 0 Å². The maximum absolute atomic E-state index is 4.42. The highest BCUT2D eigenvalue weighted by Gasteiger charge is 2.23. The number of nitrogens with one attached hydrogen (secondary N) is 1. The van der Waals surface area contributed by atoms with Gasteiger partial charge in [0.2, 0.25) is 0 Å². The summed E-state index contributed by atoms with van der Waals surface area (Å²) in [5.41, 5.74) is 6.99. The third-order valence-corrected chi connectivity index (χ3v) is 5.02. The lowest BCUT2D eigenvalue weighted by Gasteiger charge is -2.32. The Labute approximate surface area is 121 Å². The molecule has 1 N–H and O–H groups in total. The second kappa shape index (κ2) is 4.68. The van der Waals surface area contributed by atoms with E-state index >= 15 is 0 Å². The average molecular weight is 284 g/mol. The molecule has 0 radical (unpaired) electrons. The van der Waals surface area contributed by atoms with Gasteiger partial charge in [0.15, 0.2) is 0 Å². The van der Waals surface area contributed by atoms with Crippen LogP contribution in [0.4, 0.5) is 0 Å². The summed E-state index contributed by atoms with van der Waals surface area (Å²) in [6.45, 7) is 4.33. The van der Waals surface area contributed by atoms with Gasteiger partial charge in [0.25, 0.3) is 0 Å². The van der Waals surface area contributed by atoms with Gasteiger partial charge in [-0.2, -0.15) is 5.10 Å². The Bertz CT molecular complexity index is 745. The molecule has 0 fully saturated rings. The molecule has 4 nitrogen and oxygen atoms in total. The molecule has 4 rings (SSSR count). The fourth-order valence-electron chi connectivity index (χ4n) is 2.92. The summed E-state index contributed by atoms with van der Waals surface area (Å²) in [4.78, 5) is 6.92. The largest absolute Gasteiger partial charge is 0.292 e. The van der Waals surface area contributed by atoms with E-state index in [0.717, 1.165) is 25.0 Å². The topological polar surface area (TPSA) is 44.8 Å². The van der Waals surface area contributed by atoms with Crippen LogP contribution in [-0.2, 0) is 13.0 Å². The van der Waals surface area contributed by atoms with Crippen molar-refractivity contribution in [2.24, 2.45) is 0 Å². The van der Waals surface area contributed by atoms with Gasteiger partial charge in [0.05, 0.1) is 21.9 Å². The van der Waals surface area contributed by atoms with Crippen LogP contribution in [0.5, 0.6) is 0 Å². The highest BCUT2D eigenvalue weighted by Crippen LogP contribution is 2.29. The molecule has 1 aromatic carbocycles. The van der Waals surface area contributed by atoms with Gasteiger partial charge >= 0.3 is 0 Å². The van der Waals surface area contributed by atoms with E-state index in [-0.39, 0.29) is 0 Å². The number of benzene rings is 1. The van der Waals surface area contributed by atoms with Crippen LogP contribution < -0.4 is 0 Å². The number of nitrogens with zero attached hydrogens (tertiary/aromatic N) is 3. The minimum Gasteiger partial charge on any atom is -0.292 e. The molecule has 0 saturated heterocycles. The first-order valence-electron chi connectivity index (χ1n) is 6.89. The summed E-state index contributed by atoms with van der Waals surface area (Å²) in [7, 11) is 0. The van der Waals surface area contributed by atoms with E-state index in [9.17, 15) is 0 Å². The molecular formula is C15H16N4S. The molecule has 1 atom stereocenters. The van der Waals surface area contributed by atoms with Gasteiger partial charge in [-0.25, -0.2) is 4.98 Å². The van der Waals surface area contributed by atoms with Crippen molar-refractivity contribution in [3.63, 3.8) is 0 Å². The summed E-state index contributed by atoms with van der Waals surface area (Å²) >= 11 is 1.70. The number of rotatable bonds is 2. The fourth-order valence-corrected chi connectivity index (χ4v) is 3.58. The quantitative estimate of drug-likeness (QED) is 0.786. The van der Waals surface area contributed by atoms with Gasteiger partial charge in [-0.1, -0.05) is 6.07 Å². The zero-order chi connectivity index (χ0) is 13.5. The summed E-state index contributed by atoms with van der Waals surface area (Å²) in [6, 6.07) is 7.05. The van der Waals surface area contributed by atoms with E-state index < -0.39 is 0 Å². The molecule has 1 aliphatic rings. The van der Waals surface area contributed by atoms with Crippen LogP contribution in [0.25, 0.3) is 10.2 Å². The van der Waals surface area contributed by atoms with Crippen molar-refractivity contribution < 1.29 is 0 Å². The van der Waals surface area contributed by atoms with E-state index in [0.29, 0.717) is 6.04 Å². The number of H-pyrrole nitrogens is 1. The van der Waals surface area contributed by atoms with Crippen LogP contribution in [0.15, 0.2) is 29.9 Å². The predicted molar refractivity (Wildman–Crippen MR) is 80.7 cm³/mol. The smallest absolute Gasteiger partial charge is 0.0815 e. The Balaban J connectivity index is 1.62. The number of thiazole rings is 1. The standard InChI is InChI=1S/C15H16N4S/c1-10(11-2-3-15-14(6-11)16-9-20-15)19-5-4-13-12(8-19)7-17-18-13/h2-3,6-7,9-10H,4-5,8H2,1H3,(H,17,18). The van der Waals surface area contributed by atoms with Gasteiger partial charge < -0.3 is 0 Å². The molecule has 1 unspecified atom stereocenters. The monoisotopic (exact) mass is 284 g/mol. The molecule has 5 heteroatoms. The fraction of sp³-hybridized carbons (Fsp3) is 0.333.